The van der Waals surface area contributed by atoms with Gasteiger partial charge in [0.25, 0.3) is 0 Å². The van der Waals surface area contributed by atoms with Gasteiger partial charge >= 0.3 is 0 Å². The molecule has 0 unspecified atom stereocenters. The third-order valence-electron chi connectivity index (χ3n) is 1.34. The lowest BCUT2D eigenvalue weighted by molar-refractivity contribution is 0.525. The van der Waals surface area contributed by atoms with Crippen LogP contribution in [0.4, 0.5) is 0 Å². The molecular formula is C8H5ClO2. The summed E-state index contributed by atoms with van der Waals surface area (Å²) < 4.78 is 10.2. The standard InChI is InChI=1S/C8H5ClO2/c9-8-4-3-7(11-8)6-2-1-5-10-6/h1-5H. The maximum absolute atomic E-state index is 5.57. The lowest BCUT2D eigenvalue weighted by atomic mass is 10.3. The summed E-state index contributed by atoms with van der Waals surface area (Å²) in [7, 11) is 0. The van der Waals surface area contributed by atoms with Gasteiger partial charge in [0.15, 0.2) is 16.7 Å². The highest BCUT2D eigenvalue weighted by molar-refractivity contribution is 6.28. The first-order chi connectivity index (χ1) is 5.36. The summed E-state index contributed by atoms with van der Waals surface area (Å²) in [5, 5.41) is 0.372. The average molecular weight is 169 g/mol. The van der Waals surface area contributed by atoms with Gasteiger partial charge in [0.1, 0.15) is 0 Å². The van der Waals surface area contributed by atoms with Gasteiger partial charge in [0, 0.05) is 0 Å². The highest BCUT2D eigenvalue weighted by atomic mass is 35.5. The number of rotatable bonds is 1. The van der Waals surface area contributed by atoms with E-state index >= 15 is 0 Å². The van der Waals surface area contributed by atoms with E-state index in [-0.39, 0.29) is 0 Å². The van der Waals surface area contributed by atoms with Crippen molar-refractivity contribution in [1.29, 1.82) is 0 Å². The predicted molar refractivity (Wildman–Crippen MR) is 41.4 cm³/mol. The second-order valence-corrected chi connectivity index (χ2v) is 2.45. The van der Waals surface area contributed by atoms with Crippen LogP contribution in [0.1, 0.15) is 0 Å². The van der Waals surface area contributed by atoms with E-state index in [0.717, 1.165) is 0 Å². The fourth-order valence-corrected chi connectivity index (χ4v) is 1.01. The van der Waals surface area contributed by atoms with Crippen LogP contribution >= 0.6 is 11.6 Å². The highest BCUT2D eigenvalue weighted by Gasteiger charge is 2.04. The van der Waals surface area contributed by atoms with Crippen LogP contribution in [0.2, 0.25) is 5.22 Å². The Bertz CT molecular complexity index is 335. The monoisotopic (exact) mass is 168 g/mol. The van der Waals surface area contributed by atoms with Crippen molar-refractivity contribution >= 4 is 11.6 Å². The van der Waals surface area contributed by atoms with Crippen molar-refractivity contribution in [2.24, 2.45) is 0 Å². The lowest BCUT2D eigenvalue weighted by Crippen LogP contribution is -1.62. The molecule has 2 aromatic rings. The summed E-state index contributed by atoms with van der Waals surface area (Å²) in [6, 6.07) is 7.06. The quantitative estimate of drug-likeness (QED) is 0.654. The summed E-state index contributed by atoms with van der Waals surface area (Å²) in [4.78, 5) is 0. The van der Waals surface area contributed by atoms with Gasteiger partial charge in [-0.25, -0.2) is 0 Å². The molecule has 0 aliphatic rings. The Morgan fingerprint density at radius 2 is 2.00 bits per heavy atom. The predicted octanol–water partition coefficient (Wildman–Crippen LogP) is 3.19. The van der Waals surface area contributed by atoms with Gasteiger partial charge in [-0.1, -0.05) is 0 Å². The number of furan rings is 2. The van der Waals surface area contributed by atoms with E-state index in [2.05, 4.69) is 0 Å². The van der Waals surface area contributed by atoms with E-state index in [4.69, 9.17) is 20.4 Å². The van der Waals surface area contributed by atoms with Crippen molar-refractivity contribution < 1.29 is 8.83 Å². The van der Waals surface area contributed by atoms with Gasteiger partial charge in [-0.15, -0.1) is 0 Å². The zero-order valence-corrected chi connectivity index (χ0v) is 6.34. The Morgan fingerprint density at radius 1 is 1.09 bits per heavy atom. The highest BCUT2D eigenvalue weighted by Crippen LogP contribution is 2.24. The van der Waals surface area contributed by atoms with Gasteiger partial charge < -0.3 is 8.83 Å². The fourth-order valence-electron chi connectivity index (χ4n) is 0.865. The molecule has 0 saturated heterocycles. The van der Waals surface area contributed by atoms with Crippen LogP contribution in [0.15, 0.2) is 39.4 Å². The van der Waals surface area contributed by atoms with E-state index in [1.54, 1.807) is 24.5 Å². The minimum absolute atomic E-state index is 0.372. The summed E-state index contributed by atoms with van der Waals surface area (Å²) in [5.74, 6) is 1.34. The van der Waals surface area contributed by atoms with Gasteiger partial charge in [0.05, 0.1) is 6.26 Å². The number of halogens is 1. The van der Waals surface area contributed by atoms with Gasteiger partial charge in [0.2, 0.25) is 0 Å². The second-order valence-electron chi connectivity index (χ2n) is 2.08. The zero-order chi connectivity index (χ0) is 7.68. The molecule has 0 aliphatic heterocycles. The van der Waals surface area contributed by atoms with Crippen molar-refractivity contribution in [2.75, 3.05) is 0 Å². The number of hydrogen-bond donors (Lipinski definition) is 0. The van der Waals surface area contributed by atoms with E-state index in [1.165, 1.54) is 0 Å². The summed E-state index contributed by atoms with van der Waals surface area (Å²) in [6.07, 6.45) is 1.59. The normalized spacial score (nSPS) is 10.3. The molecule has 0 N–H and O–H groups in total. The van der Waals surface area contributed by atoms with Crippen molar-refractivity contribution in [2.45, 2.75) is 0 Å². The Labute approximate surface area is 68.4 Å². The molecule has 0 fully saturated rings. The first kappa shape index (κ1) is 6.55. The topological polar surface area (TPSA) is 26.3 Å². The van der Waals surface area contributed by atoms with Crippen LogP contribution in [0.5, 0.6) is 0 Å². The maximum atomic E-state index is 5.57. The fraction of sp³-hybridized carbons (Fsp3) is 0. The van der Waals surface area contributed by atoms with Gasteiger partial charge in [-0.05, 0) is 35.9 Å². The molecule has 2 rings (SSSR count). The molecule has 0 radical (unpaired) electrons. The molecule has 0 amide bonds. The van der Waals surface area contributed by atoms with Crippen molar-refractivity contribution in [3.8, 4) is 11.5 Å². The van der Waals surface area contributed by atoms with Crippen LogP contribution in [-0.2, 0) is 0 Å². The average Bonchev–Trinajstić information content (AvgIpc) is 2.55. The van der Waals surface area contributed by atoms with E-state index in [0.29, 0.717) is 16.7 Å². The van der Waals surface area contributed by atoms with Crippen molar-refractivity contribution in [3.05, 3.63) is 35.7 Å². The minimum Gasteiger partial charge on any atom is -0.461 e. The Hall–Kier alpha value is -1.15. The molecule has 11 heavy (non-hydrogen) atoms. The van der Waals surface area contributed by atoms with Crippen LogP contribution in [0.3, 0.4) is 0 Å². The number of hydrogen-bond acceptors (Lipinski definition) is 2. The summed E-state index contributed by atoms with van der Waals surface area (Å²) in [6.45, 7) is 0. The van der Waals surface area contributed by atoms with Crippen molar-refractivity contribution in [3.63, 3.8) is 0 Å². The zero-order valence-electron chi connectivity index (χ0n) is 5.58. The van der Waals surface area contributed by atoms with E-state index < -0.39 is 0 Å². The Morgan fingerprint density at radius 3 is 2.55 bits per heavy atom. The summed E-state index contributed by atoms with van der Waals surface area (Å²) >= 11 is 5.57. The van der Waals surface area contributed by atoms with Gasteiger partial charge in [-0.2, -0.15) is 0 Å². The van der Waals surface area contributed by atoms with Crippen molar-refractivity contribution in [1.82, 2.24) is 0 Å². The van der Waals surface area contributed by atoms with Crippen LogP contribution in [0, 0.1) is 0 Å². The minimum atomic E-state index is 0.372. The molecule has 3 heteroatoms. The molecule has 2 nitrogen and oxygen atoms in total. The SMILES string of the molecule is Clc1ccc(-c2ccco2)o1. The molecule has 0 atom stereocenters. The first-order valence-corrected chi connectivity index (χ1v) is 3.53. The summed E-state index contributed by atoms with van der Waals surface area (Å²) in [5.41, 5.74) is 0. The molecule has 2 heterocycles. The van der Waals surface area contributed by atoms with E-state index in [9.17, 15) is 0 Å². The first-order valence-electron chi connectivity index (χ1n) is 3.15. The molecular weight excluding hydrogens is 164 g/mol. The largest absolute Gasteiger partial charge is 0.461 e. The lowest BCUT2D eigenvalue weighted by Gasteiger charge is -1.86. The van der Waals surface area contributed by atoms with Crippen LogP contribution in [-0.4, -0.2) is 0 Å². The Balaban J connectivity index is 2.45. The van der Waals surface area contributed by atoms with Gasteiger partial charge in [-0.3, -0.25) is 0 Å². The second kappa shape index (κ2) is 2.47. The Kier molecular flexibility index (Phi) is 1.47. The molecule has 0 spiro atoms. The van der Waals surface area contributed by atoms with E-state index in [1.807, 2.05) is 6.07 Å². The molecule has 0 bridgehead atoms. The molecule has 0 aromatic carbocycles. The smallest absolute Gasteiger partial charge is 0.194 e. The van der Waals surface area contributed by atoms with Crippen LogP contribution < -0.4 is 0 Å². The third-order valence-corrected chi connectivity index (χ3v) is 1.54. The third kappa shape index (κ3) is 1.17. The molecule has 0 saturated carbocycles. The molecule has 2 aromatic heterocycles. The maximum Gasteiger partial charge on any atom is 0.194 e. The molecule has 0 aliphatic carbocycles. The molecule has 56 valence electrons. The van der Waals surface area contributed by atoms with Crippen LogP contribution in [0.25, 0.3) is 11.5 Å².